The molecule has 1 atom stereocenters. The molecule has 6 nitrogen and oxygen atoms in total. The second-order valence-corrected chi connectivity index (χ2v) is 11.6. The topological polar surface area (TPSA) is 87.3 Å². The van der Waals surface area contributed by atoms with Gasteiger partial charge in [-0.3, -0.25) is 14.4 Å². The van der Waals surface area contributed by atoms with Gasteiger partial charge in [-0.25, -0.2) is 4.39 Å². The number of nitrogens with one attached hydrogen (secondary N) is 3. The summed E-state index contributed by atoms with van der Waals surface area (Å²) in [6.45, 7) is 1.89. The number of anilines is 2. The molecule has 4 aromatic rings. The number of hydrogen-bond acceptors (Lipinski definition) is 4. The van der Waals surface area contributed by atoms with Gasteiger partial charge in [0, 0.05) is 27.4 Å². The number of halogens is 4. The molecule has 0 saturated heterocycles. The smallest absolute Gasteiger partial charge is 0.272 e. The van der Waals surface area contributed by atoms with E-state index >= 15 is 0 Å². The van der Waals surface area contributed by atoms with Crippen molar-refractivity contribution in [2.45, 2.75) is 23.5 Å². The van der Waals surface area contributed by atoms with Crippen LogP contribution in [-0.2, 0) is 9.59 Å². The van der Waals surface area contributed by atoms with Crippen molar-refractivity contribution in [1.82, 2.24) is 5.32 Å². The van der Waals surface area contributed by atoms with Crippen molar-refractivity contribution in [3.05, 3.63) is 129 Å². The summed E-state index contributed by atoms with van der Waals surface area (Å²) < 4.78 is 14.6. The van der Waals surface area contributed by atoms with Gasteiger partial charge in [0.1, 0.15) is 11.5 Å². The summed E-state index contributed by atoms with van der Waals surface area (Å²) >= 11 is 19.5. The van der Waals surface area contributed by atoms with E-state index in [0.717, 1.165) is 0 Å². The number of rotatable bonds is 10. The van der Waals surface area contributed by atoms with Crippen LogP contribution in [0.5, 0.6) is 0 Å². The maximum atomic E-state index is 14.6. The summed E-state index contributed by atoms with van der Waals surface area (Å²) in [5.74, 6) is -2.14. The molecule has 43 heavy (non-hydrogen) atoms. The lowest BCUT2D eigenvalue weighted by atomic mass is 10.1. The van der Waals surface area contributed by atoms with Gasteiger partial charge in [0.05, 0.1) is 20.3 Å². The van der Waals surface area contributed by atoms with Crippen LogP contribution in [0.25, 0.3) is 6.08 Å². The Hall–Kier alpha value is -3.82. The number of carbonyl (C=O) groups is 3. The molecule has 0 spiro atoms. The molecule has 0 aliphatic heterocycles. The van der Waals surface area contributed by atoms with Crippen molar-refractivity contribution in [3.8, 4) is 0 Å². The van der Waals surface area contributed by atoms with Crippen molar-refractivity contribution in [2.75, 3.05) is 10.6 Å². The molecule has 0 aliphatic carbocycles. The van der Waals surface area contributed by atoms with E-state index in [1.165, 1.54) is 36.0 Å². The molecule has 0 radical (unpaired) electrons. The van der Waals surface area contributed by atoms with E-state index in [2.05, 4.69) is 16.0 Å². The molecule has 0 aliphatic rings. The Morgan fingerprint density at radius 3 is 2.23 bits per heavy atom. The van der Waals surface area contributed by atoms with E-state index in [1.807, 2.05) is 13.0 Å². The first-order chi connectivity index (χ1) is 20.6. The largest absolute Gasteiger partial charge is 0.325 e. The van der Waals surface area contributed by atoms with Gasteiger partial charge in [0.15, 0.2) is 0 Å². The number of hydrogen-bond donors (Lipinski definition) is 3. The second-order valence-electron chi connectivity index (χ2n) is 9.13. The predicted octanol–water partition coefficient (Wildman–Crippen LogP) is 8.70. The molecule has 3 N–H and O–H groups in total. The average Bonchev–Trinajstić information content (AvgIpc) is 2.99. The Morgan fingerprint density at radius 2 is 1.53 bits per heavy atom. The molecule has 3 amide bonds. The molecule has 0 fully saturated rings. The average molecular weight is 657 g/mol. The maximum absolute atomic E-state index is 14.6. The highest BCUT2D eigenvalue weighted by molar-refractivity contribution is 8.00. The van der Waals surface area contributed by atoms with Crippen LogP contribution >= 0.6 is 46.6 Å². The van der Waals surface area contributed by atoms with E-state index < -0.39 is 22.9 Å². The van der Waals surface area contributed by atoms with E-state index in [1.54, 1.807) is 66.7 Å². The fourth-order valence-corrected chi connectivity index (χ4v) is 5.39. The quantitative estimate of drug-likeness (QED) is 0.118. The lowest BCUT2D eigenvalue weighted by molar-refractivity contribution is -0.116. The van der Waals surface area contributed by atoms with Crippen LogP contribution in [0.3, 0.4) is 0 Å². The van der Waals surface area contributed by atoms with Gasteiger partial charge in [0.2, 0.25) is 5.91 Å². The molecule has 0 aromatic heterocycles. The highest BCUT2D eigenvalue weighted by Crippen LogP contribution is 2.30. The normalized spacial score (nSPS) is 11.9. The molecular formula is C32H25Cl3FN3O3S. The van der Waals surface area contributed by atoms with E-state index in [9.17, 15) is 18.8 Å². The van der Waals surface area contributed by atoms with E-state index in [0.29, 0.717) is 38.3 Å². The minimum atomic E-state index is -0.699. The van der Waals surface area contributed by atoms with Crippen LogP contribution in [0.15, 0.2) is 102 Å². The van der Waals surface area contributed by atoms with Crippen molar-refractivity contribution in [2.24, 2.45) is 0 Å². The molecule has 0 saturated carbocycles. The zero-order valence-electron chi connectivity index (χ0n) is 22.7. The van der Waals surface area contributed by atoms with Gasteiger partial charge < -0.3 is 16.0 Å². The third-order valence-electron chi connectivity index (χ3n) is 6.04. The third kappa shape index (κ3) is 8.84. The summed E-state index contributed by atoms with van der Waals surface area (Å²) in [6, 6.07) is 24.1. The first kappa shape index (κ1) is 32.1. The summed E-state index contributed by atoms with van der Waals surface area (Å²) in [5, 5.41) is 8.48. The first-order valence-corrected chi connectivity index (χ1v) is 15.0. The van der Waals surface area contributed by atoms with Gasteiger partial charge in [-0.1, -0.05) is 72.1 Å². The molecule has 0 bridgehead atoms. The Bertz CT molecular complexity index is 1660. The van der Waals surface area contributed by atoms with E-state index in [-0.39, 0.29) is 22.2 Å². The number of amides is 3. The second kappa shape index (κ2) is 15.1. The molecule has 4 rings (SSSR count). The lowest BCUT2D eigenvalue weighted by Crippen LogP contribution is -2.30. The summed E-state index contributed by atoms with van der Waals surface area (Å²) in [6.07, 6.45) is 1.71. The fourth-order valence-electron chi connectivity index (χ4n) is 3.86. The summed E-state index contributed by atoms with van der Waals surface area (Å²) in [5.41, 5.74) is 0.960. The molecule has 0 heterocycles. The van der Waals surface area contributed by atoms with Crippen molar-refractivity contribution in [3.63, 3.8) is 0 Å². The zero-order valence-corrected chi connectivity index (χ0v) is 25.8. The lowest BCUT2D eigenvalue weighted by Gasteiger charge is -2.16. The van der Waals surface area contributed by atoms with Crippen molar-refractivity contribution >= 4 is 81.7 Å². The van der Waals surface area contributed by atoms with Gasteiger partial charge >= 0.3 is 0 Å². The monoisotopic (exact) mass is 655 g/mol. The number of benzene rings is 4. The Balaban J connectivity index is 1.53. The van der Waals surface area contributed by atoms with Crippen LogP contribution in [0, 0.1) is 5.82 Å². The van der Waals surface area contributed by atoms with Crippen LogP contribution in [0.4, 0.5) is 15.8 Å². The standard InChI is InChI=1S/C32H25Cl3FN3O3S/c1-2-29(32(42)38-21-14-15-25(34)26(35)17-21)43-22-11-6-10-20(16-22)37-31(41)28(18-23-24(33)12-7-13-27(23)36)39-30(40)19-8-4-3-5-9-19/h3-18,29H,2H2,1H3,(H,37,41)(H,38,42)(H,39,40)/b28-18+. The Labute approximate surface area is 267 Å². The van der Waals surface area contributed by atoms with Gasteiger partial charge in [0.25, 0.3) is 11.8 Å². The van der Waals surface area contributed by atoms with Crippen LogP contribution in [0.2, 0.25) is 15.1 Å². The van der Waals surface area contributed by atoms with Crippen LogP contribution in [-0.4, -0.2) is 23.0 Å². The van der Waals surface area contributed by atoms with Crippen molar-refractivity contribution < 1.29 is 18.8 Å². The van der Waals surface area contributed by atoms with Gasteiger partial charge in [-0.15, -0.1) is 11.8 Å². The fraction of sp³-hybridized carbons (Fsp3) is 0.0938. The van der Waals surface area contributed by atoms with Crippen LogP contribution < -0.4 is 16.0 Å². The number of thioether (sulfide) groups is 1. The SMILES string of the molecule is CCC(Sc1cccc(NC(=O)/C(=C\c2c(F)cccc2Cl)NC(=O)c2ccccc2)c1)C(=O)Nc1ccc(Cl)c(Cl)c1. The van der Waals surface area contributed by atoms with Gasteiger partial charge in [-0.2, -0.15) is 0 Å². The Kier molecular flexibility index (Phi) is 11.3. The highest BCUT2D eigenvalue weighted by Gasteiger charge is 2.20. The van der Waals surface area contributed by atoms with Crippen molar-refractivity contribution in [1.29, 1.82) is 0 Å². The zero-order chi connectivity index (χ0) is 30.9. The molecule has 220 valence electrons. The molecule has 11 heteroatoms. The molecular weight excluding hydrogens is 632 g/mol. The molecule has 4 aromatic carbocycles. The predicted molar refractivity (Wildman–Crippen MR) is 173 cm³/mol. The third-order valence-corrected chi connectivity index (χ3v) is 8.46. The minimum Gasteiger partial charge on any atom is -0.325 e. The minimum absolute atomic E-state index is 0.0502. The number of carbonyl (C=O) groups excluding carboxylic acids is 3. The molecule has 1 unspecified atom stereocenters. The van der Waals surface area contributed by atoms with Gasteiger partial charge in [-0.05, 0) is 73.2 Å². The maximum Gasteiger partial charge on any atom is 0.272 e. The highest BCUT2D eigenvalue weighted by atomic mass is 35.5. The Morgan fingerprint density at radius 1 is 0.814 bits per heavy atom. The van der Waals surface area contributed by atoms with E-state index in [4.69, 9.17) is 34.8 Å². The summed E-state index contributed by atoms with van der Waals surface area (Å²) in [7, 11) is 0. The summed E-state index contributed by atoms with van der Waals surface area (Å²) in [4.78, 5) is 40.0. The first-order valence-electron chi connectivity index (χ1n) is 13.0. The van der Waals surface area contributed by atoms with Crippen LogP contribution in [0.1, 0.15) is 29.3 Å².